The fourth-order valence-electron chi connectivity index (χ4n) is 7.43. The number of benzene rings is 6. The maximum atomic E-state index is 14.2. The highest BCUT2D eigenvalue weighted by molar-refractivity contribution is 6.30. The van der Waals surface area contributed by atoms with Crippen molar-refractivity contribution >= 4 is 60.9 Å². The first-order valence-electron chi connectivity index (χ1n) is 16.0. The molecule has 5 heteroatoms. The van der Waals surface area contributed by atoms with Crippen LogP contribution in [0.25, 0.3) is 32.3 Å². The highest BCUT2D eigenvalue weighted by atomic mass is 19.1. The van der Waals surface area contributed by atoms with Crippen molar-refractivity contribution in [1.82, 2.24) is 4.98 Å². The minimum Gasteiger partial charge on any atom is -0.355 e. The zero-order valence-corrected chi connectivity index (χ0v) is 26.5. The monoisotopic (exact) mass is 607 g/mol. The summed E-state index contributed by atoms with van der Waals surface area (Å²) in [4.78, 5) is 6.93. The Balaban J connectivity index is 1.51. The molecule has 1 aliphatic rings. The molecule has 6 aromatic carbocycles. The third-order valence-electron chi connectivity index (χ3n) is 9.79. The molecular formula is C41H35F2N3. The Bertz CT molecular complexity index is 2240. The predicted molar refractivity (Wildman–Crippen MR) is 188 cm³/mol. The second-order valence-electron chi connectivity index (χ2n) is 13.5. The van der Waals surface area contributed by atoms with Gasteiger partial charge in [-0.05, 0) is 136 Å². The number of halogens is 2. The molecule has 0 fully saturated rings. The van der Waals surface area contributed by atoms with Gasteiger partial charge in [0.2, 0.25) is 0 Å². The van der Waals surface area contributed by atoms with Gasteiger partial charge in [-0.1, -0.05) is 45.9 Å². The third kappa shape index (κ3) is 4.48. The highest BCUT2D eigenvalue weighted by Crippen LogP contribution is 2.52. The van der Waals surface area contributed by atoms with Crippen LogP contribution in [0.3, 0.4) is 0 Å². The van der Waals surface area contributed by atoms with Gasteiger partial charge in [0.1, 0.15) is 17.5 Å². The van der Waals surface area contributed by atoms with Gasteiger partial charge in [0.25, 0.3) is 0 Å². The first-order chi connectivity index (χ1) is 22.2. The van der Waals surface area contributed by atoms with E-state index in [1.807, 2.05) is 30.3 Å². The van der Waals surface area contributed by atoms with E-state index in [1.54, 1.807) is 18.3 Å². The number of aryl methyl sites for hydroxylation is 1. The van der Waals surface area contributed by atoms with Crippen LogP contribution in [0.15, 0.2) is 103 Å². The third-order valence-corrected chi connectivity index (χ3v) is 9.79. The summed E-state index contributed by atoms with van der Waals surface area (Å²) in [5.41, 5.74) is 7.63. The molecule has 0 saturated heterocycles. The van der Waals surface area contributed by atoms with Crippen molar-refractivity contribution in [3.63, 3.8) is 0 Å². The van der Waals surface area contributed by atoms with E-state index in [-0.39, 0.29) is 23.0 Å². The van der Waals surface area contributed by atoms with Gasteiger partial charge in [-0.2, -0.15) is 0 Å². The number of hydrogen-bond acceptors (Lipinski definition) is 3. The van der Waals surface area contributed by atoms with Crippen molar-refractivity contribution in [3.8, 4) is 0 Å². The molecule has 0 aliphatic heterocycles. The van der Waals surface area contributed by atoms with Crippen molar-refractivity contribution in [2.24, 2.45) is 0 Å². The van der Waals surface area contributed by atoms with Gasteiger partial charge in [0.05, 0.1) is 5.69 Å². The van der Waals surface area contributed by atoms with Gasteiger partial charge >= 0.3 is 0 Å². The smallest absolute Gasteiger partial charge is 0.137 e. The van der Waals surface area contributed by atoms with E-state index in [9.17, 15) is 8.78 Å². The topological polar surface area (TPSA) is 28.2 Å². The molecule has 0 radical (unpaired) electrons. The van der Waals surface area contributed by atoms with Crippen molar-refractivity contribution in [1.29, 1.82) is 0 Å². The van der Waals surface area contributed by atoms with E-state index in [1.165, 1.54) is 62.5 Å². The van der Waals surface area contributed by atoms with Gasteiger partial charge < -0.3 is 5.32 Å². The molecule has 0 spiro atoms. The van der Waals surface area contributed by atoms with Crippen molar-refractivity contribution in [3.05, 3.63) is 132 Å². The van der Waals surface area contributed by atoms with Crippen LogP contribution in [0.2, 0.25) is 0 Å². The molecule has 228 valence electrons. The zero-order valence-electron chi connectivity index (χ0n) is 26.5. The lowest BCUT2D eigenvalue weighted by Crippen LogP contribution is -2.23. The molecule has 0 atom stereocenters. The van der Waals surface area contributed by atoms with Gasteiger partial charge in [-0.25, -0.2) is 13.8 Å². The molecule has 0 bridgehead atoms. The van der Waals surface area contributed by atoms with E-state index in [0.29, 0.717) is 0 Å². The second kappa shape index (κ2) is 10.5. The van der Waals surface area contributed by atoms with Crippen LogP contribution in [-0.4, -0.2) is 4.98 Å². The molecule has 0 amide bonds. The molecular weight excluding hydrogens is 572 g/mol. The summed E-state index contributed by atoms with van der Waals surface area (Å²) < 4.78 is 28.0. The lowest BCUT2D eigenvalue weighted by molar-refractivity contribution is 0.475. The lowest BCUT2D eigenvalue weighted by atomic mass is 9.70. The van der Waals surface area contributed by atoms with Crippen molar-refractivity contribution in [2.45, 2.75) is 51.9 Å². The summed E-state index contributed by atoms with van der Waals surface area (Å²) in [6, 6.07) is 30.7. The summed E-state index contributed by atoms with van der Waals surface area (Å²) in [6.45, 7) is 9.17. The molecule has 7 aromatic rings. The van der Waals surface area contributed by atoms with E-state index >= 15 is 0 Å². The van der Waals surface area contributed by atoms with Crippen LogP contribution < -0.4 is 10.2 Å². The maximum absolute atomic E-state index is 14.2. The van der Waals surface area contributed by atoms with Crippen LogP contribution >= 0.6 is 0 Å². The predicted octanol–water partition coefficient (Wildman–Crippen LogP) is 11.8. The highest BCUT2D eigenvalue weighted by Gasteiger charge is 2.33. The van der Waals surface area contributed by atoms with E-state index in [2.05, 4.69) is 68.2 Å². The van der Waals surface area contributed by atoms with Gasteiger partial charge in [-0.3, -0.25) is 4.90 Å². The maximum Gasteiger partial charge on any atom is 0.137 e. The molecule has 1 heterocycles. The number of anilines is 5. The first kappa shape index (κ1) is 28.4. The average Bonchev–Trinajstić information content (AvgIpc) is 3.05. The standard InChI is InChI=1S/C41H35F2N3/c1-24(2)32-23-35(45-28-12-8-26(42)9-13-28)33-22-34-38-25(18-19-41(34,3)4)21-36(31-17-16-30(32)39(33)40(31)38)46(37-7-5-6-20-44-37)29-14-10-27(43)11-15-29/h5-17,20-24,45H,18-19H2,1-4H3. The molecule has 0 saturated carbocycles. The van der Waals surface area contributed by atoms with Crippen molar-refractivity contribution in [2.75, 3.05) is 10.2 Å². The van der Waals surface area contributed by atoms with Crippen LogP contribution in [0, 0.1) is 11.6 Å². The Kier molecular flexibility index (Phi) is 6.50. The Hall–Kier alpha value is -5.03. The van der Waals surface area contributed by atoms with Gasteiger partial charge in [0, 0.05) is 39.4 Å². The minimum absolute atomic E-state index is 0.0250. The number of hydrogen-bond donors (Lipinski definition) is 1. The SMILES string of the molecule is CC(C)c1cc(Nc2ccc(F)cc2)c2cc3c4c(cc(N(c5ccc(F)cc5)c5ccccn5)c5ccc1c2c54)CCC3(C)C. The molecule has 46 heavy (non-hydrogen) atoms. The van der Waals surface area contributed by atoms with Gasteiger partial charge in [-0.15, -0.1) is 0 Å². The Labute approximate surface area is 267 Å². The summed E-state index contributed by atoms with van der Waals surface area (Å²) in [5.74, 6) is 0.526. The molecule has 1 aromatic heterocycles. The Morgan fingerprint density at radius 2 is 1.48 bits per heavy atom. The van der Waals surface area contributed by atoms with E-state index in [0.717, 1.165) is 52.2 Å². The molecule has 3 nitrogen and oxygen atoms in total. The minimum atomic E-state index is -0.274. The molecule has 1 N–H and O–H groups in total. The fraction of sp³-hybridized carbons (Fsp3) is 0.195. The normalized spacial score (nSPS) is 14.1. The number of rotatable bonds is 6. The van der Waals surface area contributed by atoms with Crippen molar-refractivity contribution < 1.29 is 8.78 Å². The number of nitrogens with one attached hydrogen (secondary N) is 1. The summed E-state index contributed by atoms with van der Waals surface area (Å²) in [5, 5.41) is 11.0. The summed E-state index contributed by atoms with van der Waals surface area (Å²) >= 11 is 0. The molecule has 0 unspecified atom stereocenters. The average molecular weight is 608 g/mol. The zero-order chi connectivity index (χ0) is 31.7. The summed E-state index contributed by atoms with van der Waals surface area (Å²) in [6.07, 6.45) is 3.78. The number of aromatic nitrogens is 1. The number of pyridine rings is 1. The number of nitrogens with zero attached hydrogens (tertiary/aromatic N) is 2. The first-order valence-corrected chi connectivity index (χ1v) is 16.0. The van der Waals surface area contributed by atoms with Crippen LogP contribution in [0.5, 0.6) is 0 Å². The molecule has 1 aliphatic carbocycles. The van der Waals surface area contributed by atoms with Crippen LogP contribution in [-0.2, 0) is 11.8 Å². The fourth-order valence-corrected chi connectivity index (χ4v) is 7.43. The Morgan fingerprint density at radius 1 is 0.761 bits per heavy atom. The van der Waals surface area contributed by atoms with Crippen LogP contribution in [0.1, 0.15) is 56.7 Å². The van der Waals surface area contributed by atoms with Gasteiger partial charge in [0.15, 0.2) is 0 Å². The van der Waals surface area contributed by atoms with E-state index in [4.69, 9.17) is 4.98 Å². The largest absolute Gasteiger partial charge is 0.355 e. The van der Waals surface area contributed by atoms with E-state index < -0.39 is 0 Å². The van der Waals surface area contributed by atoms with Crippen LogP contribution in [0.4, 0.5) is 37.3 Å². The molecule has 8 rings (SSSR count). The lowest BCUT2D eigenvalue weighted by Gasteiger charge is -2.36. The summed E-state index contributed by atoms with van der Waals surface area (Å²) in [7, 11) is 0. The second-order valence-corrected chi connectivity index (χ2v) is 13.5. The Morgan fingerprint density at radius 3 is 2.17 bits per heavy atom. The quantitative estimate of drug-likeness (QED) is 0.191.